The van der Waals surface area contributed by atoms with Gasteiger partial charge in [-0.25, -0.2) is 0 Å². The van der Waals surface area contributed by atoms with Crippen molar-refractivity contribution in [2.75, 3.05) is 18.4 Å². The Morgan fingerprint density at radius 1 is 1.32 bits per heavy atom. The van der Waals surface area contributed by atoms with E-state index in [0.717, 1.165) is 35.0 Å². The first-order valence-corrected chi connectivity index (χ1v) is 8.65. The quantitative estimate of drug-likeness (QED) is 0.882. The third kappa shape index (κ3) is 4.32. The summed E-state index contributed by atoms with van der Waals surface area (Å²) in [6, 6.07) is 5.80. The molecular weight excluding hydrogens is 344 g/mol. The van der Waals surface area contributed by atoms with Crippen LogP contribution in [0.1, 0.15) is 38.2 Å². The lowest BCUT2D eigenvalue weighted by atomic mass is 9.95. The van der Waals surface area contributed by atoms with E-state index in [2.05, 4.69) is 21.2 Å². The van der Waals surface area contributed by atoms with Gasteiger partial charge in [0.25, 0.3) is 0 Å². The van der Waals surface area contributed by atoms with Crippen molar-refractivity contribution in [2.24, 2.45) is 5.92 Å². The van der Waals surface area contributed by atoms with Crippen LogP contribution in [-0.2, 0) is 9.59 Å². The van der Waals surface area contributed by atoms with Crippen molar-refractivity contribution >= 4 is 33.4 Å². The Kier molecular flexibility index (Phi) is 6.00. The van der Waals surface area contributed by atoms with Gasteiger partial charge in [0.2, 0.25) is 11.8 Å². The first kappa shape index (κ1) is 17.0. The van der Waals surface area contributed by atoms with Gasteiger partial charge in [-0.2, -0.15) is 0 Å². The number of nitrogens with zero attached hydrogens (tertiary/aromatic N) is 1. The van der Waals surface area contributed by atoms with Crippen molar-refractivity contribution in [3.8, 4) is 0 Å². The van der Waals surface area contributed by atoms with E-state index in [-0.39, 0.29) is 17.7 Å². The molecule has 0 atom stereocenters. The summed E-state index contributed by atoms with van der Waals surface area (Å²) in [6.45, 7) is 5.39. The highest BCUT2D eigenvalue weighted by Gasteiger charge is 2.26. The second kappa shape index (κ2) is 7.77. The number of piperidine rings is 1. The number of hydrogen-bond donors (Lipinski definition) is 1. The maximum Gasteiger partial charge on any atom is 0.227 e. The minimum Gasteiger partial charge on any atom is -0.343 e. The fourth-order valence-electron chi connectivity index (χ4n) is 2.73. The molecule has 1 heterocycles. The van der Waals surface area contributed by atoms with Gasteiger partial charge in [0.1, 0.15) is 0 Å². The zero-order valence-corrected chi connectivity index (χ0v) is 14.8. The molecule has 2 amide bonds. The summed E-state index contributed by atoms with van der Waals surface area (Å²) >= 11 is 3.45. The van der Waals surface area contributed by atoms with E-state index in [4.69, 9.17) is 0 Å². The molecule has 1 fully saturated rings. The molecule has 0 aliphatic carbocycles. The maximum absolute atomic E-state index is 12.3. The van der Waals surface area contributed by atoms with Crippen LogP contribution in [-0.4, -0.2) is 29.8 Å². The van der Waals surface area contributed by atoms with E-state index < -0.39 is 0 Å². The molecule has 1 aromatic rings. The molecule has 1 saturated heterocycles. The molecule has 4 nitrogen and oxygen atoms in total. The molecule has 2 rings (SSSR count). The summed E-state index contributed by atoms with van der Waals surface area (Å²) < 4.78 is 1.04. The largest absolute Gasteiger partial charge is 0.343 e. The average molecular weight is 367 g/mol. The first-order valence-electron chi connectivity index (χ1n) is 7.86. The van der Waals surface area contributed by atoms with Crippen molar-refractivity contribution in [3.63, 3.8) is 0 Å². The number of aryl methyl sites for hydroxylation is 1. The van der Waals surface area contributed by atoms with Crippen LogP contribution in [0.5, 0.6) is 0 Å². The van der Waals surface area contributed by atoms with E-state index in [9.17, 15) is 9.59 Å². The number of likely N-dealkylation sites (tertiary alicyclic amines) is 1. The summed E-state index contributed by atoms with van der Waals surface area (Å²) in [6.07, 6.45) is 2.98. The molecule has 0 spiro atoms. The fourth-order valence-corrected chi connectivity index (χ4v) is 2.98. The van der Waals surface area contributed by atoms with Gasteiger partial charge in [-0.05, 0) is 49.9 Å². The second-order valence-corrected chi connectivity index (χ2v) is 6.71. The lowest BCUT2D eigenvalue weighted by Gasteiger charge is -2.31. The fraction of sp³-hybridized carbons (Fsp3) is 0.529. The lowest BCUT2D eigenvalue weighted by Crippen LogP contribution is -2.41. The Bertz CT molecular complexity index is 552. The average Bonchev–Trinajstić information content (AvgIpc) is 2.51. The standard InChI is InChI=1S/C17H23BrN2O2/c1-3-4-16(21)20-9-7-13(8-10-20)17(22)19-14-5-6-15(18)12(2)11-14/h5-6,11,13H,3-4,7-10H2,1-2H3,(H,19,22). The third-order valence-electron chi connectivity index (χ3n) is 4.11. The van der Waals surface area contributed by atoms with Crippen molar-refractivity contribution in [2.45, 2.75) is 39.5 Å². The molecule has 120 valence electrons. The molecular formula is C17H23BrN2O2. The number of rotatable bonds is 4. The zero-order chi connectivity index (χ0) is 16.1. The molecule has 0 bridgehead atoms. The van der Waals surface area contributed by atoms with Gasteiger partial charge in [0.15, 0.2) is 0 Å². The number of nitrogens with one attached hydrogen (secondary N) is 1. The Balaban J connectivity index is 1.87. The molecule has 5 heteroatoms. The number of carbonyl (C=O) groups excluding carboxylic acids is 2. The molecule has 1 aliphatic rings. The molecule has 1 aliphatic heterocycles. The van der Waals surface area contributed by atoms with Gasteiger partial charge in [0.05, 0.1) is 0 Å². The van der Waals surface area contributed by atoms with Crippen molar-refractivity contribution in [3.05, 3.63) is 28.2 Å². The highest BCUT2D eigenvalue weighted by atomic mass is 79.9. The topological polar surface area (TPSA) is 49.4 Å². The molecule has 0 aromatic heterocycles. The van der Waals surface area contributed by atoms with E-state index in [1.165, 1.54) is 0 Å². The number of amides is 2. The Labute approximate surface area is 140 Å². The number of carbonyl (C=O) groups is 2. The minimum absolute atomic E-state index is 0.00497. The smallest absolute Gasteiger partial charge is 0.227 e. The van der Waals surface area contributed by atoms with Crippen LogP contribution in [0.15, 0.2) is 22.7 Å². The van der Waals surface area contributed by atoms with Crippen LogP contribution >= 0.6 is 15.9 Å². The Morgan fingerprint density at radius 2 is 2.00 bits per heavy atom. The number of halogens is 1. The Hall–Kier alpha value is -1.36. The normalized spacial score (nSPS) is 15.7. The van der Waals surface area contributed by atoms with E-state index in [0.29, 0.717) is 19.5 Å². The van der Waals surface area contributed by atoms with Gasteiger partial charge in [-0.1, -0.05) is 22.9 Å². The summed E-state index contributed by atoms with van der Waals surface area (Å²) in [7, 11) is 0. The maximum atomic E-state index is 12.3. The molecule has 0 unspecified atom stereocenters. The number of anilines is 1. The van der Waals surface area contributed by atoms with E-state index in [1.807, 2.05) is 36.9 Å². The van der Waals surface area contributed by atoms with Crippen LogP contribution in [0.2, 0.25) is 0 Å². The predicted molar refractivity (Wildman–Crippen MR) is 91.7 cm³/mol. The van der Waals surface area contributed by atoms with Gasteiger partial charge in [0, 0.05) is 35.6 Å². The number of benzene rings is 1. The van der Waals surface area contributed by atoms with Crippen LogP contribution in [0, 0.1) is 12.8 Å². The number of hydrogen-bond acceptors (Lipinski definition) is 2. The molecule has 1 aromatic carbocycles. The molecule has 0 saturated carbocycles. The predicted octanol–water partition coefficient (Wildman–Crippen LogP) is 3.73. The molecule has 0 radical (unpaired) electrons. The van der Waals surface area contributed by atoms with Gasteiger partial charge in [-0.15, -0.1) is 0 Å². The third-order valence-corrected chi connectivity index (χ3v) is 5.00. The van der Waals surface area contributed by atoms with Crippen molar-refractivity contribution < 1.29 is 9.59 Å². The van der Waals surface area contributed by atoms with Crippen LogP contribution in [0.4, 0.5) is 5.69 Å². The summed E-state index contributed by atoms with van der Waals surface area (Å²) in [5.41, 5.74) is 1.92. The van der Waals surface area contributed by atoms with Crippen LogP contribution < -0.4 is 5.32 Å². The van der Waals surface area contributed by atoms with Crippen molar-refractivity contribution in [1.29, 1.82) is 0 Å². The summed E-state index contributed by atoms with van der Waals surface area (Å²) in [4.78, 5) is 26.1. The van der Waals surface area contributed by atoms with Gasteiger partial charge in [-0.3, -0.25) is 9.59 Å². The van der Waals surface area contributed by atoms with E-state index >= 15 is 0 Å². The van der Waals surface area contributed by atoms with E-state index in [1.54, 1.807) is 0 Å². The van der Waals surface area contributed by atoms with Gasteiger partial charge < -0.3 is 10.2 Å². The monoisotopic (exact) mass is 366 g/mol. The van der Waals surface area contributed by atoms with Gasteiger partial charge >= 0.3 is 0 Å². The minimum atomic E-state index is -0.00497. The molecule has 1 N–H and O–H groups in total. The lowest BCUT2D eigenvalue weighted by molar-refractivity contribution is -0.134. The highest BCUT2D eigenvalue weighted by molar-refractivity contribution is 9.10. The first-order chi connectivity index (χ1) is 10.5. The molecule has 22 heavy (non-hydrogen) atoms. The second-order valence-electron chi connectivity index (χ2n) is 5.86. The SMILES string of the molecule is CCCC(=O)N1CCC(C(=O)Nc2ccc(Br)c(C)c2)CC1. The summed E-state index contributed by atoms with van der Waals surface area (Å²) in [5, 5.41) is 2.99. The Morgan fingerprint density at radius 3 is 2.59 bits per heavy atom. The zero-order valence-electron chi connectivity index (χ0n) is 13.2. The van der Waals surface area contributed by atoms with Crippen LogP contribution in [0.3, 0.4) is 0 Å². The van der Waals surface area contributed by atoms with Crippen LogP contribution in [0.25, 0.3) is 0 Å². The highest BCUT2D eigenvalue weighted by Crippen LogP contribution is 2.23. The van der Waals surface area contributed by atoms with Crippen molar-refractivity contribution in [1.82, 2.24) is 4.90 Å². The summed E-state index contributed by atoms with van der Waals surface area (Å²) in [5.74, 6) is 0.267.